The molecule has 0 unspecified atom stereocenters. The minimum atomic E-state index is -3.28. The molecule has 0 bridgehead atoms. The molecule has 0 N–H and O–H groups in total. The monoisotopic (exact) mass is 372 g/mol. The van der Waals surface area contributed by atoms with Gasteiger partial charge in [0.15, 0.2) is 0 Å². The number of rotatable bonds is 7. The van der Waals surface area contributed by atoms with Crippen molar-refractivity contribution in [2.45, 2.75) is 19.3 Å². The Hall–Kier alpha value is -1.85. The highest BCUT2D eigenvalue weighted by Crippen LogP contribution is 2.23. The van der Waals surface area contributed by atoms with Crippen LogP contribution in [0.2, 0.25) is 0 Å². The maximum absolute atomic E-state index is 12.3. The molecule has 0 spiro atoms. The number of nitrogens with zero attached hydrogens (tertiary/aromatic N) is 2. The van der Waals surface area contributed by atoms with Crippen LogP contribution in [-0.4, -0.2) is 45.8 Å². The standard InChI is InChI=1S/C21H28N2O2S/c1-26(24,25)23(21-12-6-3-7-13-21)18-20-11-8-15-22(17-20)16-14-19-9-4-2-5-10-19/h2-7,9-10,12-13,20H,8,11,14-18H2,1H3/t20-/m0/s1. The Bertz CT molecular complexity index is 778. The predicted molar refractivity (Wildman–Crippen MR) is 108 cm³/mol. The van der Waals surface area contributed by atoms with Gasteiger partial charge in [-0.15, -0.1) is 0 Å². The summed E-state index contributed by atoms with van der Waals surface area (Å²) >= 11 is 0. The number of anilines is 1. The van der Waals surface area contributed by atoms with Crippen LogP contribution in [0.4, 0.5) is 5.69 Å². The molecule has 0 saturated carbocycles. The summed E-state index contributed by atoms with van der Waals surface area (Å²) in [6, 6.07) is 20.0. The molecule has 26 heavy (non-hydrogen) atoms. The molecule has 1 atom stereocenters. The Kier molecular flexibility index (Phi) is 6.33. The summed E-state index contributed by atoms with van der Waals surface area (Å²) < 4.78 is 26.2. The van der Waals surface area contributed by atoms with Crippen LogP contribution < -0.4 is 4.31 Å². The van der Waals surface area contributed by atoms with E-state index in [1.807, 2.05) is 36.4 Å². The average Bonchev–Trinajstić information content (AvgIpc) is 2.65. The lowest BCUT2D eigenvalue weighted by molar-refractivity contribution is 0.180. The minimum absolute atomic E-state index is 0.370. The Balaban J connectivity index is 1.61. The number of hydrogen-bond acceptors (Lipinski definition) is 3. The summed E-state index contributed by atoms with van der Waals surface area (Å²) in [5.74, 6) is 0.370. The van der Waals surface area contributed by atoms with Crippen molar-refractivity contribution in [3.63, 3.8) is 0 Å². The third-order valence-electron chi connectivity index (χ3n) is 5.03. The molecule has 3 rings (SSSR count). The largest absolute Gasteiger partial charge is 0.303 e. The van der Waals surface area contributed by atoms with Crippen LogP contribution in [0.15, 0.2) is 60.7 Å². The Morgan fingerprint density at radius 2 is 1.69 bits per heavy atom. The molecule has 0 aliphatic carbocycles. The first-order valence-electron chi connectivity index (χ1n) is 9.31. The van der Waals surface area contributed by atoms with Gasteiger partial charge in [0.2, 0.25) is 10.0 Å². The first-order valence-corrected chi connectivity index (χ1v) is 11.2. The van der Waals surface area contributed by atoms with Crippen LogP contribution in [0, 0.1) is 5.92 Å². The van der Waals surface area contributed by atoms with E-state index in [0.29, 0.717) is 12.5 Å². The van der Waals surface area contributed by atoms with Crippen molar-refractivity contribution in [2.24, 2.45) is 5.92 Å². The number of piperidine rings is 1. The van der Waals surface area contributed by atoms with Crippen molar-refractivity contribution in [3.8, 4) is 0 Å². The highest BCUT2D eigenvalue weighted by molar-refractivity contribution is 7.92. The molecule has 0 aromatic heterocycles. The van der Waals surface area contributed by atoms with Crippen molar-refractivity contribution in [1.29, 1.82) is 0 Å². The summed E-state index contributed by atoms with van der Waals surface area (Å²) in [4.78, 5) is 2.48. The van der Waals surface area contributed by atoms with E-state index in [1.165, 1.54) is 11.8 Å². The number of sulfonamides is 1. The van der Waals surface area contributed by atoms with Gasteiger partial charge in [0.05, 0.1) is 11.9 Å². The molecule has 2 aromatic carbocycles. The third-order valence-corrected chi connectivity index (χ3v) is 6.19. The van der Waals surface area contributed by atoms with Gasteiger partial charge >= 0.3 is 0 Å². The predicted octanol–water partition coefficient (Wildman–Crippen LogP) is 3.41. The summed E-state index contributed by atoms with van der Waals surface area (Å²) in [6.07, 6.45) is 4.56. The van der Waals surface area contributed by atoms with Gasteiger partial charge in [0, 0.05) is 19.6 Å². The van der Waals surface area contributed by atoms with Gasteiger partial charge in [0.25, 0.3) is 0 Å². The average molecular weight is 373 g/mol. The quantitative estimate of drug-likeness (QED) is 0.748. The summed E-state index contributed by atoms with van der Waals surface area (Å²) in [6.45, 7) is 3.66. The SMILES string of the molecule is CS(=O)(=O)N(C[C@H]1CCCN(CCc2ccccc2)C1)c1ccccc1. The number of para-hydroxylation sites is 1. The van der Waals surface area contributed by atoms with Gasteiger partial charge in [-0.1, -0.05) is 48.5 Å². The van der Waals surface area contributed by atoms with Crippen LogP contribution in [-0.2, 0) is 16.4 Å². The number of benzene rings is 2. The zero-order valence-electron chi connectivity index (χ0n) is 15.4. The number of hydrogen-bond donors (Lipinski definition) is 0. The second kappa shape index (κ2) is 8.69. The lowest BCUT2D eigenvalue weighted by Gasteiger charge is -2.35. The van der Waals surface area contributed by atoms with E-state index in [9.17, 15) is 8.42 Å². The molecular weight excluding hydrogens is 344 g/mol. The summed E-state index contributed by atoms with van der Waals surface area (Å²) in [5.41, 5.74) is 2.12. The van der Waals surface area contributed by atoms with Crippen LogP contribution >= 0.6 is 0 Å². The summed E-state index contributed by atoms with van der Waals surface area (Å²) in [7, 11) is -3.28. The second-order valence-corrected chi connectivity index (χ2v) is 9.08. The van der Waals surface area contributed by atoms with Gasteiger partial charge < -0.3 is 4.90 Å². The smallest absolute Gasteiger partial charge is 0.232 e. The molecule has 1 fully saturated rings. The molecule has 5 heteroatoms. The Labute approximate surface area is 157 Å². The van der Waals surface area contributed by atoms with Gasteiger partial charge in [-0.3, -0.25) is 4.31 Å². The van der Waals surface area contributed by atoms with E-state index in [1.54, 1.807) is 4.31 Å². The van der Waals surface area contributed by atoms with E-state index in [2.05, 4.69) is 29.2 Å². The molecule has 2 aromatic rings. The fourth-order valence-electron chi connectivity index (χ4n) is 3.70. The lowest BCUT2D eigenvalue weighted by Crippen LogP contribution is -2.43. The third kappa shape index (κ3) is 5.32. The second-order valence-electron chi connectivity index (χ2n) is 7.17. The molecule has 1 heterocycles. The number of likely N-dealkylation sites (tertiary alicyclic amines) is 1. The zero-order chi connectivity index (χ0) is 18.4. The van der Waals surface area contributed by atoms with Crippen molar-refractivity contribution in [2.75, 3.05) is 36.7 Å². The van der Waals surface area contributed by atoms with Gasteiger partial charge in [-0.05, 0) is 49.4 Å². The summed E-state index contributed by atoms with van der Waals surface area (Å²) in [5, 5.41) is 0. The van der Waals surface area contributed by atoms with Crippen molar-refractivity contribution in [1.82, 2.24) is 4.90 Å². The molecule has 0 amide bonds. The maximum Gasteiger partial charge on any atom is 0.232 e. The van der Waals surface area contributed by atoms with Gasteiger partial charge in [0.1, 0.15) is 0 Å². The normalized spacial score (nSPS) is 18.6. The highest BCUT2D eigenvalue weighted by atomic mass is 32.2. The van der Waals surface area contributed by atoms with E-state index in [0.717, 1.165) is 44.6 Å². The van der Waals surface area contributed by atoms with Crippen LogP contribution in [0.25, 0.3) is 0 Å². The van der Waals surface area contributed by atoms with Crippen molar-refractivity contribution >= 4 is 15.7 Å². The highest BCUT2D eigenvalue weighted by Gasteiger charge is 2.26. The first kappa shape index (κ1) is 18.9. The topological polar surface area (TPSA) is 40.6 Å². The lowest BCUT2D eigenvalue weighted by atomic mass is 9.97. The zero-order valence-corrected chi connectivity index (χ0v) is 16.2. The van der Waals surface area contributed by atoms with Gasteiger partial charge in [-0.2, -0.15) is 0 Å². The molecule has 140 valence electrons. The fraction of sp³-hybridized carbons (Fsp3) is 0.429. The van der Waals surface area contributed by atoms with Gasteiger partial charge in [-0.25, -0.2) is 8.42 Å². The minimum Gasteiger partial charge on any atom is -0.303 e. The van der Waals surface area contributed by atoms with Crippen LogP contribution in [0.3, 0.4) is 0 Å². The van der Waals surface area contributed by atoms with Crippen molar-refractivity contribution in [3.05, 3.63) is 66.2 Å². The molecule has 1 aliphatic heterocycles. The molecule has 1 aliphatic rings. The first-order chi connectivity index (χ1) is 12.5. The molecule has 1 saturated heterocycles. The van der Waals surface area contributed by atoms with E-state index in [-0.39, 0.29) is 0 Å². The molecule has 4 nitrogen and oxygen atoms in total. The maximum atomic E-state index is 12.3. The van der Waals surface area contributed by atoms with E-state index >= 15 is 0 Å². The fourth-order valence-corrected chi connectivity index (χ4v) is 4.68. The molecule has 0 radical (unpaired) electrons. The van der Waals surface area contributed by atoms with E-state index < -0.39 is 10.0 Å². The van der Waals surface area contributed by atoms with Crippen LogP contribution in [0.1, 0.15) is 18.4 Å². The Morgan fingerprint density at radius 1 is 1.04 bits per heavy atom. The van der Waals surface area contributed by atoms with E-state index in [4.69, 9.17) is 0 Å². The van der Waals surface area contributed by atoms with Crippen LogP contribution in [0.5, 0.6) is 0 Å². The molecular formula is C21H28N2O2S. The Morgan fingerprint density at radius 3 is 2.35 bits per heavy atom. The van der Waals surface area contributed by atoms with Crippen molar-refractivity contribution < 1.29 is 8.42 Å².